The molecule has 0 aliphatic rings. The van der Waals surface area contributed by atoms with Crippen molar-refractivity contribution >= 4 is 11.8 Å². The van der Waals surface area contributed by atoms with Gasteiger partial charge in [-0.2, -0.15) is 18.3 Å². The third kappa shape index (κ3) is 4.90. The lowest BCUT2D eigenvalue weighted by Gasteiger charge is -2.12. The molecule has 0 spiro atoms. The predicted molar refractivity (Wildman–Crippen MR) is 81.0 cm³/mol. The van der Waals surface area contributed by atoms with Gasteiger partial charge in [-0.05, 0) is 18.2 Å². The highest BCUT2D eigenvalue weighted by atomic mass is 19.4. The molecule has 0 fully saturated rings. The summed E-state index contributed by atoms with van der Waals surface area (Å²) in [6.45, 7) is -0.111. The number of rotatable bonds is 5. The molecule has 1 aromatic carbocycles. The van der Waals surface area contributed by atoms with E-state index in [4.69, 9.17) is 0 Å². The van der Waals surface area contributed by atoms with E-state index in [1.807, 2.05) is 0 Å². The van der Waals surface area contributed by atoms with Crippen molar-refractivity contribution in [3.8, 4) is 0 Å². The molecule has 7 nitrogen and oxygen atoms in total. The van der Waals surface area contributed by atoms with Crippen molar-refractivity contribution in [3.05, 3.63) is 63.6 Å². The Labute approximate surface area is 139 Å². The highest BCUT2D eigenvalue weighted by Crippen LogP contribution is 2.31. The molecular formula is C15H13F3N4O3. The number of nitrogens with one attached hydrogen (secondary N) is 3. The van der Waals surface area contributed by atoms with E-state index in [0.717, 1.165) is 18.2 Å². The number of carbonyl (C=O) groups is 2. The molecule has 25 heavy (non-hydrogen) atoms. The van der Waals surface area contributed by atoms with Gasteiger partial charge in [-0.15, -0.1) is 0 Å². The van der Waals surface area contributed by atoms with Crippen LogP contribution in [-0.4, -0.2) is 35.1 Å². The zero-order valence-electron chi connectivity index (χ0n) is 12.7. The van der Waals surface area contributed by atoms with Gasteiger partial charge in [0.1, 0.15) is 5.69 Å². The van der Waals surface area contributed by atoms with Crippen molar-refractivity contribution in [3.63, 3.8) is 0 Å². The van der Waals surface area contributed by atoms with Gasteiger partial charge in [0.2, 0.25) is 0 Å². The van der Waals surface area contributed by atoms with Crippen LogP contribution in [0.1, 0.15) is 26.4 Å². The van der Waals surface area contributed by atoms with Gasteiger partial charge in [0.15, 0.2) is 0 Å². The summed E-state index contributed by atoms with van der Waals surface area (Å²) >= 11 is 0. The van der Waals surface area contributed by atoms with Crippen LogP contribution >= 0.6 is 0 Å². The van der Waals surface area contributed by atoms with Crippen molar-refractivity contribution in [2.45, 2.75) is 6.18 Å². The Hall–Kier alpha value is -3.17. The Kier molecular flexibility index (Phi) is 5.52. The molecule has 0 aliphatic heterocycles. The van der Waals surface area contributed by atoms with Gasteiger partial charge >= 0.3 is 6.18 Å². The van der Waals surface area contributed by atoms with Gasteiger partial charge in [0, 0.05) is 19.2 Å². The number of hydrogen-bond acceptors (Lipinski definition) is 4. The van der Waals surface area contributed by atoms with Crippen molar-refractivity contribution in [2.75, 3.05) is 13.1 Å². The number of alkyl halides is 3. The number of aromatic amines is 1. The number of aromatic nitrogens is 2. The van der Waals surface area contributed by atoms with Crippen LogP contribution in [0.2, 0.25) is 0 Å². The van der Waals surface area contributed by atoms with E-state index < -0.39 is 34.7 Å². The molecular weight excluding hydrogens is 341 g/mol. The fourth-order valence-electron chi connectivity index (χ4n) is 1.94. The highest BCUT2D eigenvalue weighted by Gasteiger charge is 2.34. The first-order valence-electron chi connectivity index (χ1n) is 7.07. The Morgan fingerprint density at radius 2 is 1.64 bits per heavy atom. The maximum Gasteiger partial charge on any atom is 0.417 e. The second kappa shape index (κ2) is 7.60. The lowest BCUT2D eigenvalue weighted by Crippen LogP contribution is -2.35. The standard InChI is InChI=1S/C15H13F3N4O3/c16-15(17,18)10-4-2-1-3-9(10)13(24)19-7-8-20-14(25)11-5-6-12(23)22-21-11/h1-6H,7-8H2,(H,19,24)(H,20,25)(H,22,23). The van der Waals surface area contributed by atoms with Crippen LogP contribution < -0.4 is 16.2 Å². The molecule has 1 heterocycles. The minimum Gasteiger partial charge on any atom is -0.350 e. The number of halogens is 3. The summed E-state index contributed by atoms with van der Waals surface area (Å²) in [5, 5.41) is 10.3. The third-order valence-electron chi connectivity index (χ3n) is 3.08. The molecule has 0 saturated carbocycles. The van der Waals surface area contributed by atoms with Crippen LogP contribution in [0.5, 0.6) is 0 Å². The number of H-pyrrole nitrogens is 1. The van der Waals surface area contributed by atoms with Crippen LogP contribution in [0, 0.1) is 0 Å². The second-order valence-corrected chi connectivity index (χ2v) is 4.86. The molecule has 0 bridgehead atoms. The number of hydrogen-bond donors (Lipinski definition) is 3. The van der Waals surface area contributed by atoms with Gasteiger partial charge in [-0.25, -0.2) is 5.10 Å². The van der Waals surface area contributed by atoms with Crippen molar-refractivity contribution in [1.29, 1.82) is 0 Å². The van der Waals surface area contributed by atoms with E-state index in [0.29, 0.717) is 0 Å². The second-order valence-electron chi connectivity index (χ2n) is 4.86. The first-order chi connectivity index (χ1) is 11.8. The first kappa shape index (κ1) is 18.2. The summed E-state index contributed by atoms with van der Waals surface area (Å²) in [6, 6.07) is 6.74. The van der Waals surface area contributed by atoms with E-state index in [1.54, 1.807) is 0 Å². The monoisotopic (exact) mass is 354 g/mol. The zero-order chi connectivity index (χ0) is 18.4. The Morgan fingerprint density at radius 3 is 2.24 bits per heavy atom. The minimum atomic E-state index is -4.64. The quantitative estimate of drug-likeness (QED) is 0.696. The van der Waals surface area contributed by atoms with Crippen molar-refractivity contribution < 1.29 is 22.8 Å². The van der Waals surface area contributed by atoms with Gasteiger partial charge in [0.25, 0.3) is 17.4 Å². The Balaban J connectivity index is 1.88. The number of nitrogens with zero attached hydrogens (tertiary/aromatic N) is 1. The molecule has 132 valence electrons. The summed E-state index contributed by atoms with van der Waals surface area (Å²) in [7, 11) is 0. The summed E-state index contributed by atoms with van der Waals surface area (Å²) in [6.07, 6.45) is -4.64. The van der Waals surface area contributed by atoms with Crippen molar-refractivity contribution in [2.24, 2.45) is 0 Å². The van der Waals surface area contributed by atoms with E-state index in [-0.39, 0.29) is 18.8 Å². The third-order valence-corrected chi connectivity index (χ3v) is 3.08. The number of amides is 2. The minimum absolute atomic E-state index is 0.0282. The molecule has 2 aromatic rings. The van der Waals surface area contributed by atoms with Crippen molar-refractivity contribution in [1.82, 2.24) is 20.8 Å². The summed E-state index contributed by atoms with van der Waals surface area (Å²) in [4.78, 5) is 34.4. The van der Waals surface area contributed by atoms with E-state index in [2.05, 4.69) is 20.8 Å². The smallest absolute Gasteiger partial charge is 0.350 e. The van der Waals surface area contributed by atoms with Crippen LogP contribution in [0.15, 0.2) is 41.2 Å². The predicted octanol–water partition coefficient (Wildman–Crippen LogP) is 0.948. The maximum atomic E-state index is 12.8. The molecule has 0 aliphatic carbocycles. The lowest BCUT2D eigenvalue weighted by atomic mass is 10.1. The Bertz CT molecular complexity index is 813. The molecule has 0 unspecified atom stereocenters. The van der Waals surface area contributed by atoms with Gasteiger partial charge in [-0.1, -0.05) is 12.1 Å². The van der Waals surface area contributed by atoms with Crippen LogP contribution in [0.4, 0.5) is 13.2 Å². The van der Waals surface area contributed by atoms with Gasteiger partial charge in [-0.3, -0.25) is 14.4 Å². The molecule has 3 N–H and O–H groups in total. The molecule has 1 aromatic heterocycles. The van der Waals surface area contributed by atoms with E-state index in [1.165, 1.54) is 18.2 Å². The maximum absolute atomic E-state index is 12.8. The number of benzene rings is 1. The summed E-state index contributed by atoms with van der Waals surface area (Å²) in [5.41, 5.74) is -2.03. The van der Waals surface area contributed by atoms with Gasteiger partial charge in [0.05, 0.1) is 11.1 Å². The average molecular weight is 354 g/mol. The van der Waals surface area contributed by atoms with Crippen LogP contribution in [0.25, 0.3) is 0 Å². The largest absolute Gasteiger partial charge is 0.417 e. The zero-order valence-corrected chi connectivity index (χ0v) is 12.7. The molecule has 0 saturated heterocycles. The van der Waals surface area contributed by atoms with Gasteiger partial charge < -0.3 is 10.6 Å². The molecule has 0 radical (unpaired) electrons. The highest BCUT2D eigenvalue weighted by molar-refractivity contribution is 5.96. The van der Waals surface area contributed by atoms with E-state index >= 15 is 0 Å². The van der Waals surface area contributed by atoms with Crippen LogP contribution in [-0.2, 0) is 6.18 Å². The topological polar surface area (TPSA) is 104 Å². The molecule has 2 amide bonds. The first-order valence-corrected chi connectivity index (χ1v) is 7.07. The SMILES string of the molecule is O=C(NCCNC(=O)c1ccccc1C(F)(F)F)c1ccc(=O)[nH]n1. The summed E-state index contributed by atoms with van der Waals surface area (Å²) in [5.74, 6) is -1.49. The fraction of sp³-hybridized carbons (Fsp3) is 0.200. The molecule has 2 rings (SSSR count). The Morgan fingerprint density at radius 1 is 1.00 bits per heavy atom. The fourth-order valence-corrected chi connectivity index (χ4v) is 1.94. The summed E-state index contributed by atoms with van der Waals surface area (Å²) < 4.78 is 38.5. The molecule has 10 heteroatoms. The lowest BCUT2D eigenvalue weighted by molar-refractivity contribution is -0.137. The average Bonchev–Trinajstić information content (AvgIpc) is 2.58. The normalized spacial score (nSPS) is 11.0. The van der Waals surface area contributed by atoms with E-state index in [9.17, 15) is 27.6 Å². The number of carbonyl (C=O) groups excluding carboxylic acids is 2. The molecule has 0 atom stereocenters. The van der Waals surface area contributed by atoms with Crippen LogP contribution in [0.3, 0.4) is 0 Å².